The normalized spacial score (nSPS) is 15.2. The standard InChI is InChI=1S/C10H22O4S.Na/c1-3-5-6-10(15(12,13)14)8-7-9(11)4-2;/h9-11H,3-8H2,1-2H3,(H,12,13,14);/q;+1/p-1. The Bertz CT molecular complexity index is 254. The molecule has 0 fully saturated rings. The Morgan fingerprint density at radius 2 is 1.75 bits per heavy atom. The van der Waals surface area contributed by atoms with Gasteiger partial charge in [-0.1, -0.05) is 26.7 Å². The summed E-state index contributed by atoms with van der Waals surface area (Å²) in [7, 11) is -4.20. The van der Waals surface area contributed by atoms with Gasteiger partial charge in [-0.15, -0.1) is 0 Å². The van der Waals surface area contributed by atoms with Crippen molar-refractivity contribution in [1.29, 1.82) is 0 Å². The molecule has 0 rings (SSSR count). The third-order valence-corrected chi connectivity index (χ3v) is 3.87. The van der Waals surface area contributed by atoms with E-state index in [0.717, 1.165) is 12.8 Å². The van der Waals surface area contributed by atoms with Crippen LogP contribution in [0, 0.1) is 0 Å². The van der Waals surface area contributed by atoms with Gasteiger partial charge in [0.15, 0.2) is 0 Å². The number of unbranched alkanes of at least 4 members (excludes halogenated alkanes) is 1. The van der Waals surface area contributed by atoms with Crippen LogP contribution in [0.25, 0.3) is 0 Å². The van der Waals surface area contributed by atoms with Crippen molar-refractivity contribution in [3.05, 3.63) is 0 Å². The van der Waals surface area contributed by atoms with Crippen molar-refractivity contribution in [3.63, 3.8) is 0 Å². The fourth-order valence-corrected chi connectivity index (χ4v) is 2.33. The number of hydrogen-bond donors (Lipinski definition) is 1. The molecule has 4 nitrogen and oxygen atoms in total. The molecule has 0 spiro atoms. The summed E-state index contributed by atoms with van der Waals surface area (Å²) >= 11 is 0. The Kier molecular flexibility index (Phi) is 11.8. The molecule has 2 atom stereocenters. The zero-order chi connectivity index (χ0) is 11.9. The first-order chi connectivity index (χ1) is 6.91. The summed E-state index contributed by atoms with van der Waals surface area (Å²) in [6, 6.07) is 0. The van der Waals surface area contributed by atoms with Crippen LogP contribution in [0.1, 0.15) is 52.4 Å². The van der Waals surface area contributed by atoms with Crippen LogP contribution >= 0.6 is 0 Å². The molecule has 16 heavy (non-hydrogen) atoms. The van der Waals surface area contributed by atoms with E-state index in [1.165, 1.54) is 0 Å². The van der Waals surface area contributed by atoms with Gasteiger partial charge in [0.05, 0.1) is 16.2 Å². The van der Waals surface area contributed by atoms with Crippen molar-refractivity contribution >= 4 is 10.1 Å². The molecule has 2 unspecified atom stereocenters. The van der Waals surface area contributed by atoms with E-state index in [9.17, 15) is 18.1 Å². The summed E-state index contributed by atoms with van der Waals surface area (Å²) in [5, 5.41) is 8.48. The molecule has 0 bridgehead atoms. The average molecular weight is 260 g/mol. The minimum Gasteiger partial charge on any atom is -0.748 e. The van der Waals surface area contributed by atoms with Crippen molar-refractivity contribution in [1.82, 2.24) is 0 Å². The van der Waals surface area contributed by atoms with Gasteiger partial charge in [-0.3, -0.25) is 0 Å². The zero-order valence-electron chi connectivity index (χ0n) is 10.5. The zero-order valence-corrected chi connectivity index (χ0v) is 13.3. The molecule has 92 valence electrons. The molecular formula is C10H21NaO4S. The van der Waals surface area contributed by atoms with Crippen LogP contribution in [-0.4, -0.2) is 29.4 Å². The molecule has 0 aliphatic heterocycles. The van der Waals surface area contributed by atoms with Crippen LogP contribution in [0.3, 0.4) is 0 Å². The fraction of sp³-hybridized carbons (Fsp3) is 1.00. The van der Waals surface area contributed by atoms with Gasteiger partial charge in [0.2, 0.25) is 0 Å². The monoisotopic (exact) mass is 260 g/mol. The Labute approximate surface area is 121 Å². The molecule has 0 saturated heterocycles. The van der Waals surface area contributed by atoms with E-state index in [4.69, 9.17) is 0 Å². The molecule has 0 aliphatic rings. The number of aliphatic hydroxyl groups is 1. The second-order valence-corrected chi connectivity index (χ2v) is 5.55. The maximum absolute atomic E-state index is 10.9. The summed E-state index contributed by atoms with van der Waals surface area (Å²) in [5.74, 6) is 0. The largest absolute Gasteiger partial charge is 1.00 e. The molecule has 0 aromatic carbocycles. The van der Waals surface area contributed by atoms with Crippen molar-refractivity contribution < 1.29 is 47.6 Å². The van der Waals surface area contributed by atoms with E-state index < -0.39 is 21.5 Å². The molecule has 0 heterocycles. The number of aliphatic hydroxyl groups excluding tert-OH is 1. The predicted molar refractivity (Wildman–Crippen MR) is 58.5 cm³/mol. The van der Waals surface area contributed by atoms with Gasteiger partial charge >= 0.3 is 29.6 Å². The molecule has 0 aromatic heterocycles. The summed E-state index contributed by atoms with van der Waals surface area (Å²) < 4.78 is 32.7. The minimum atomic E-state index is -4.20. The minimum absolute atomic E-state index is 0. The Morgan fingerprint density at radius 3 is 2.12 bits per heavy atom. The van der Waals surface area contributed by atoms with Crippen LogP contribution in [0.5, 0.6) is 0 Å². The quantitative estimate of drug-likeness (QED) is 0.432. The summed E-state index contributed by atoms with van der Waals surface area (Å²) in [4.78, 5) is 0. The van der Waals surface area contributed by atoms with Gasteiger partial charge in [-0.2, -0.15) is 0 Å². The van der Waals surface area contributed by atoms with Gasteiger partial charge in [0, 0.05) is 5.25 Å². The van der Waals surface area contributed by atoms with Gasteiger partial charge in [-0.05, 0) is 25.7 Å². The number of rotatable bonds is 8. The molecular weight excluding hydrogens is 239 g/mol. The molecule has 1 N–H and O–H groups in total. The topological polar surface area (TPSA) is 77.4 Å². The van der Waals surface area contributed by atoms with Crippen molar-refractivity contribution in [3.8, 4) is 0 Å². The second kappa shape index (κ2) is 9.85. The Hall–Kier alpha value is 0.870. The first-order valence-electron chi connectivity index (χ1n) is 5.54. The van der Waals surface area contributed by atoms with E-state index >= 15 is 0 Å². The van der Waals surface area contributed by atoms with Crippen LogP contribution in [0.2, 0.25) is 0 Å². The average Bonchev–Trinajstić information content (AvgIpc) is 2.15. The molecule has 0 saturated carbocycles. The first-order valence-corrected chi connectivity index (χ1v) is 7.01. The second-order valence-electron chi connectivity index (χ2n) is 3.90. The van der Waals surface area contributed by atoms with Crippen molar-refractivity contribution in [2.24, 2.45) is 0 Å². The summed E-state index contributed by atoms with van der Waals surface area (Å²) in [6.45, 7) is 3.78. The van der Waals surface area contributed by atoms with Gasteiger partial charge in [0.25, 0.3) is 0 Å². The van der Waals surface area contributed by atoms with Crippen molar-refractivity contribution in [2.45, 2.75) is 63.7 Å². The predicted octanol–water partition coefficient (Wildman–Crippen LogP) is -1.35. The van der Waals surface area contributed by atoms with Crippen LogP contribution in [0.4, 0.5) is 0 Å². The third kappa shape index (κ3) is 8.96. The third-order valence-electron chi connectivity index (χ3n) is 2.58. The van der Waals surface area contributed by atoms with E-state index in [0.29, 0.717) is 19.3 Å². The van der Waals surface area contributed by atoms with Crippen LogP contribution in [-0.2, 0) is 10.1 Å². The first kappa shape index (κ1) is 19.2. The fourth-order valence-electron chi connectivity index (χ4n) is 1.45. The summed E-state index contributed by atoms with van der Waals surface area (Å²) in [5.41, 5.74) is 0. The Balaban J connectivity index is 0. The van der Waals surface area contributed by atoms with E-state index in [2.05, 4.69) is 0 Å². The van der Waals surface area contributed by atoms with E-state index in [1.54, 1.807) is 0 Å². The van der Waals surface area contributed by atoms with E-state index in [1.807, 2.05) is 13.8 Å². The molecule has 0 radical (unpaired) electrons. The summed E-state index contributed by atoms with van der Waals surface area (Å²) in [6.07, 6.45) is 2.82. The SMILES string of the molecule is CCCCC(CCC(O)CC)S(=O)(=O)[O-].[Na+]. The molecule has 6 heteroatoms. The van der Waals surface area contributed by atoms with Gasteiger partial charge in [0.1, 0.15) is 0 Å². The maximum Gasteiger partial charge on any atom is 1.00 e. The number of hydrogen-bond acceptors (Lipinski definition) is 4. The van der Waals surface area contributed by atoms with E-state index in [-0.39, 0.29) is 36.0 Å². The van der Waals surface area contributed by atoms with Crippen LogP contribution < -0.4 is 29.6 Å². The van der Waals surface area contributed by atoms with Gasteiger partial charge < -0.3 is 9.66 Å². The maximum atomic E-state index is 10.9. The van der Waals surface area contributed by atoms with Crippen LogP contribution in [0.15, 0.2) is 0 Å². The van der Waals surface area contributed by atoms with Crippen molar-refractivity contribution in [2.75, 3.05) is 0 Å². The molecule has 0 aromatic rings. The molecule has 0 aliphatic carbocycles. The molecule has 0 amide bonds. The smallest absolute Gasteiger partial charge is 0.748 e. The van der Waals surface area contributed by atoms with Gasteiger partial charge in [-0.25, -0.2) is 8.42 Å². The Morgan fingerprint density at radius 1 is 1.19 bits per heavy atom.